The molecular formula is C20H27N5O. The number of amides is 1. The molecule has 2 fully saturated rings. The van der Waals surface area contributed by atoms with Gasteiger partial charge in [0.2, 0.25) is 0 Å². The maximum Gasteiger partial charge on any atom is 0.255 e. The van der Waals surface area contributed by atoms with Gasteiger partial charge in [-0.15, -0.1) is 0 Å². The standard InChI is InChI=1S/C20H27N5O/c26-20(17-7-8-19(22-15-17)21-14-16-5-6-16)25-12-2-1-4-18(25)9-13-24-11-3-10-23-24/h3,7-8,10-11,15-16,18H,1-2,4-6,9,12-14H2,(H,21,22). The summed E-state index contributed by atoms with van der Waals surface area (Å²) in [4.78, 5) is 19.5. The molecule has 1 saturated carbocycles. The summed E-state index contributed by atoms with van der Waals surface area (Å²) in [5, 5.41) is 7.62. The first-order chi connectivity index (χ1) is 12.8. The molecule has 1 atom stereocenters. The maximum absolute atomic E-state index is 13.0. The van der Waals surface area contributed by atoms with E-state index in [0.29, 0.717) is 5.56 Å². The Hall–Kier alpha value is -2.37. The van der Waals surface area contributed by atoms with E-state index < -0.39 is 0 Å². The summed E-state index contributed by atoms with van der Waals surface area (Å²) in [6.07, 6.45) is 12.4. The van der Waals surface area contributed by atoms with Crippen molar-refractivity contribution in [2.75, 3.05) is 18.4 Å². The van der Waals surface area contributed by atoms with Gasteiger partial charge < -0.3 is 10.2 Å². The molecule has 1 N–H and O–H groups in total. The summed E-state index contributed by atoms with van der Waals surface area (Å²) in [6, 6.07) is 6.06. The number of hydrogen-bond donors (Lipinski definition) is 1. The molecule has 0 bridgehead atoms. The lowest BCUT2D eigenvalue weighted by Gasteiger charge is -2.36. The van der Waals surface area contributed by atoms with E-state index in [4.69, 9.17) is 0 Å². The lowest BCUT2D eigenvalue weighted by molar-refractivity contribution is 0.0593. The average Bonchev–Trinajstić information content (AvgIpc) is 3.38. The Morgan fingerprint density at radius 1 is 1.23 bits per heavy atom. The highest BCUT2D eigenvalue weighted by Crippen LogP contribution is 2.28. The normalized spacial score (nSPS) is 20.2. The lowest BCUT2D eigenvalue weighted by Crippen LogP contribution is -2.44. The Balaban J connectivity index is 1.37. The van der Waals surface area contributed by atoms with Crippen molar-refractivity contribution in [3.63, 3.8) is 0 Å². The van der Waals surface area contributed by atoms with E-state index >= 15 is 0 Å². The highest BCUT2D eigenvalue weighted by atomic mass is 16.2. The molecule has 1 aliphatic heterocycles. The van der Waals surface area contributed by atoms with Crippen LogP contribution in [-0.2, 0) is 6.54 Å². The topological polar surface area (TPSA) is 63.1 Å². The molecular weight excluding hydrogens is 326 g/mol. The summed E-state index contributed by atoms with van der Waals surface area (Å²) < 4.78 is 1.94. The van der Waals surface area contributed by atoms with Crippen LogP contribution in [0.25, 0.3) is 0 Å². The van der Waals surface area contributed by atoms with Crippen molar-refractivity contribution in [3.05, 3.63) is 42.4 Å². The second-order valence-electron chi connectivity index (χ2n) is 7.46. The van der Waals surface area contributed by atoms with Crippen LogP contribution in [0.15, 0.2) is 36.8 Å². The summed E-state index contributed by atoms with van der Waals surface area (Å²) in [7, 11) is 0. The van der Waals surface area contributed by atoms with Crippen LogP contribution in [0.4, 0.5) is 5.82 Å². The molecule has 0 aromatic carbocycles. The van der Waals surface area contributed by atoms with Gasteiger partial charge in [-0.3, -0.25) is 9.48 Å². The molecule has 138 valence electrons. The third kappa shape index (κ3) is 4.23. The number of nitrogens with zero attached hydrogens (tertiary/aromatic N) is 4. The van der Waals surface area contributed by atoms with Crippen molar-refractivity contribution in [2.45, 2.75) is 51.1 Å². The van der Waals surface area contributed by atoms with Crippen molar-refractivity contribution in [2.24, 2.45) is 5.92 Å². The molecule has 2 aromatic heterocycles. The molecule has 6 heteroatoms. The van der Waals surface area contributed by atoms with Gasteiger partial charge in [0, 0.05) is 44.3 Å². The van der Waals surface area contributed by atoms with Crippen LogP contribution in [0.3, 0.4) is 0 Å². The summed E-state index contributed by atoms with van der Waals surface area (Å²) >= 11 is 0. The zero-order chi connectivity index (χ0) is 17.8. The zero-order valence-corrected chi connectivity index (χ0v) is 15.2. The Labute approximate surface area is 154 Å². The van der Waals surface area contributed by atoms with E-state index in [1.54, 1.807) is 12.4 Å². The fourth-order valence-corrected chi connectivity index (χ4v) is 3.64. The molecule has 26 heavy (non-hydrogen) atoms. The van der Waals surface area contributed by atoms with Gasteiger partial charge >= 0.3 is 0 Å². The van der Waals surface area contributed by atoms with Gasteiger partial charge in [0.15, 0.2) is 0 Å². The molecule has 2 aliphatic rings. The first kappa shape index (κ1) is 17.1. The van der Waals surface area contributed by atoms with Crippen molar-refractivity contribution < 1.29 is 4.79 Å². The maximum atomic E-state index is 13.0. The second kappa shape index (κ2) is 7.89. The quantitative estimate of drug-likeness (QED) is 0.830. The van der Waals surface area contributed by atoms with Gasteiger partial charge in [0.1, 0.15) is 5.82 Å². The number of likely N-dealkylation sites (tertiary alicyclic amines) is 1. The number of pyridine rings is 1. The van der Waals surface area contributed by atoms with Crippen LogP contribution in [0.1, 0.15) is 48.9 Å². The molecule has 0 spiro atoms. The molecule has 3 heterocycles. The minimum Gasteiger partial charge on any atom is -0.370 e. The van der Waals surface area contributed by atoms with Crippen LogP contribution in [-0.4, -0.2) is 44.7 Å². The summed E-state index contributed by atoms with van der Waals surface area (Å²) in [5.41, 5.74) is 0.688. The highest BCUT2D eigenvalue weighted by Gasteiger charge is 2.27. The van der Waals surface area contributed by atoms with E-state index in [-0.39, 0.29) is 11.9 Å². The van der Waals surface area contributed by atoms with Gasteiger partial charge in [-0.2, -0.15) is 5.10 Å². The molecule has 1 aliphatic carbocycles. The molecule has 0 radical (unpaired) electrons. The smallest absolute Gasteiger partial charge is 0.255 e. The third-order valence-corrected chi connectivity index (χ3v) is 5.42. The van der Waals surface area contributed by atoms with Gasteiger partial charge in [0.25, 0.3) is 5.91 Å². The molecule has 4 rings (SSSR count). The van der Waals surface area contributed by atoms with Gasteiger partial charge in [-0.25, -0.2) is 4.98 Å². The van der Waals surface area contributed by atoms with Crippen LogP contribution in [0, 0.1) is 5.92 Å². The van der Waals surface area contributed by atoms with Gasteiger partial charge in [-0.05, 0) is 62.6 Å². The predicted octanol–water partition coefficient (Wildman–Crippen LogP) is 3.19. The number of hydrogen-bond acceptors (Lipinski definition) is 4. The van der Waals surface area contributed by atoms with E-state index in [0.717, 1.165) is 50.6 Å². The Kier molecular flexibility index (Phi) is 5.18. The van der Waals surface area contributed by atoms with Crippen LogP contribution < -0.4 is 5.32 Å². The lowest BCUT2D eigenvalue weighted by atomic mass is 9.98. The largest absolute Gasteiger partial charge is 0.370 e. The molecule has 1 unspecified atom stereocenters. The predicted molar refractivity (Wildman–Crippen MR) is 101 cm³/mol. The number of anilines is 1. The second-order valence-corrected chi connectivity index (χ2v) is 7.46. The van der Waals surface area contributed by atoms with E-state index in [1.165, 1.54) is 19.3 Å². The Bertz CT molecular complexity index is 708. The van der Waals surface area contributed by atoms with E-state index in [1.807, 2.05) is 34.0 Å². The number of nitrogens with one attached hydrogen (secondary N) is 1. The SMILES string of the molecule is O=C(c1ccc(NCC2CC2)nc1)N1CCCCC1CCn1cccn1. The van der Waals surface area contributed by atoms with Crippen molar-refractivity contribution >= 4 is 11.7 Å². The first-order valence-corrected chi connectivity index (χ1v) is 9.78. The number of rotatable bonds is 7. The van der Waals surface area contributed by atoms with E-state index in [9.17, 15) is 4.79 Å². The average molecular weight is 353 g/mol. The zero-order valence-electron chi connectivity index (χ0n) is 15.2. The third-order valence-electron chi connectivity index (χ3n) is 5.42. The van der Waals surface area contributed by atoms with Crippen LogP contribution >= 0.6 is 0 Å². The summed E-state index contributed by atoms with van der Waals surface area (Å²) in [5.74, 6) is 1.78. The Morgan fingerprint density at radius 2 is 2.15 bits per heavy atom. The van der Waals surface area contributed by atoms with Gasteiger partial charge in [-0.1, -0.05) is 0 Å². The molecule has 6 nitrogen and oxygen atoms in total. The van der Waals surface area contributed by atoms with E-state index in [2.05, 4.69) is 15.4 Å². The fraction of sp³-hybridized carbons (Fsp3) is 0.550. The Morgan fingerprint density at radius 3 is 2.88 bits per heavy atom. The molecule has 1 amide bonds. The minimum atomic E-state index is 0.108. The summed E-state index contributed by atoms with van der Waals surface area (Å²) in [6.45, 7) is 2.68. The van der Waals surface area contributed by atoms with Crippen molar-refractivity contribution in [3.8, 4) is 0 Å². The number of carbonyl (C=O) groups is 1. The number of piperidine rings is 1. The monoisotopic (exact) mass is 353 g/mol. The van der Waals surface area contributed by atoms with Gasteiger partial charge in [0.05, 0.1) is 5.56 Å². The van der Waals surface area contributed by atoms with Crippen molar-refractivity contribution in [1.82, 2.24) is 19.7 Å². The number of carbonyl (C=O) groups excluding carboxylic acids is 1. The number of aryl methyl sites for hydroxylation is 1. The first-order valence-electron chi connectivity index (χ1n) is 9.78. The fourth-order valence-electron chi connectivity index (χ4n) is 3.64. The van der Waals surface area contributed by atoms with Crippen LogP contribution in [0.5, 0.6) is 0 Å². The molecule has 1 saturated heterocycles. The highest BCUT2D eigenvalue weighted by molar-refractivity contribution is 5.94. The van der Waals surface area contributed by atoms with Crippen LogP contribution in [0.2, 0.25) is 0 Å². The van der Waals surface area contributed by atoms with Crippen molar-refractivity contribution in [1.29, 1.82) is 0 Å². The minimum absolute atomic E-state index is 0.108. The number of aromatic nitrogens is 3. The molecule has 2 aromatic rings.